The molecule has 0 saturated heterocycles. The van der Waals surface area contributed by atoms with Crippen molar-refractivity contribution >= 4 is 22.0 Å². The highest BCUT2D eigenvalue weighted by molar-refractivity contribution is 7.90. The molecule has 0 aliphatic carbocycles. The van der Waals surface area contributed by atoms with Crippen LogP contribution in [0.5, 0.6) is 0 Å². The lowest BCUT2D eigenvalue weighted by molar-refractivity contribution is -0.119. The van der Waals surface area contributed by atoms with E-state index in [0.29, 0.717) is 19.5 Å². The van der Waals surface area contributed by atoms with E-state index in [2.05, 4.69) is 10.6 Å². The summed E-state index contributed by atoms with van der Waals surface area (Å²) in [7, 11) is -3.89. The lowest BCUT2D eigenvalue weighted by Gasteiger charge is -2.09. The highest BCUT2D eigenvalue weighted by Crippen LogP contribution is 2.10. The maximum absolute atomic E-state index is 11.9. The molecule has 1 aromatic carbocycles. The normalized spacial score (nSPS) is 10.8. The van der Waals surface area contributed by atoms with Crippen LogP contribution in [0.3, 0.4) is 0 Å². The first-order valence-corrected chi connectivity index (χ1v) is 7.97. The van der Waals surface area contributed by atoms with Crippen LogP contribution in [0.2, 0.25) is 0 Å². The number of nitrogens with one attached hydrogen (secondary N) is 3. The van der Waals surface area contributed by atoms with Crippen LogP contribution in [-0.4, -0.2) is 26.9 Å². The molecule has 116 valence electrons. The number of hydrogen-bond acceptors (Lipinski definition) is 4. The summed E-state index contributed by atoms with van der Waals surface area (Å²) in [6.07, 6.45) is 0.714. The monoisotopic (exact) mass is 313 g/mol. The Hall–Kier alpha value is -2.09. The van der Waals surface area contributed by atoms with Gasteiger partial charge in [0.25, 0.3) is 10.0 Å². The second-order valence-electron chi connectivity index (χ2n) is 4.42. The minimum Gasteiger partial charge on any atom is -0.352 e. The summed E-state index contributed by atoms with van der Waals surface area (Å²) in [5, 5.41) is 5.03. The molecule has 0 saturated carbocycles. The lowest BCUT2D eigenvalue weighted by Crippen LogP contribution is -2.39. The fraction of sp³-hybridized carbons (Fsp3) is 0.385. The molecule has 3 amide bonds. The van der Waals surface area contributed by atoms with Crippen molar-refractivity contribution in [2.24, 2.45) is 0 Å². The van der Waals surface area contributed by atoms with E-state index in [1.165, 1.54) is 19.1 Å². The summed E-state index contributed by atoms with van der Waals surface area (Å²) in [4.78, 5) is 22.2. The van der Waals surface area contributed by atoms with Gasteiger partial charge in [-0.15, -0.1) is 0 Å². The second-order valence-corrected chi connectivity index (χ2v) is 6.10. The predicted octanol–water partition coefficient (Wildman–Crippen LogP) is 0.721. The third-order valence-electron chi connectivity index (χ3n) is 2.54. The number of benzene rings is 1. The number of amides is 3. The summed E-state index contributed by atoms with van der Waals surface area (Å²) in [6, 6.07) is 5.17. The molecule has 7 nitrogen and oxygen atoms in total. The average Bonchev–Trinajstić information content (AvgIpc) is 2.43. The van der Waals surface area contributed by atoms with Crippen molar-refractivity contribution < 1.29 is 18.0 Å². The van der Waals surface area contributed by atoms with Crippen LogP contribution in [0.15, 0.2) is 29.2 Å². The molecule has 0 unspecified atom stereocenters. The van der Waals surface area contributed by atoms with Crippen molar-refractivity contribution in [3.63, 3.8) is 0 Å². The largest absolute Gasteiger partial charge is 0.352 e. The maximum Gasteiger partial charge on any atom is 0.328 e. The van der Waals surface area contributed by atoms with E-state index < -0.39 is 16.1 Å². The van der Waals surface area contributed by atoms with Crippen LogP contribution < -0.4 is 15.4 Å². The van der Waals surface area contributed by atoms with E-state index in [9.17, 15) is 18.0 Å². The fourth-order valence-corrected chi connectivity index (χ4v) is 2.40. The highest BCUT2D eigenvalue weighted by atomic mass is 32.2. The molecule has 3 N–H and O–H groups in total. The first kappa shape index (κ1) is 17.0. The molecular weight excluding hydrogens is 294 g/mol. The molecule has 0 aliphatic rings. The van der Waals surface area contributed by atoms with Crippen molar-refractivity contribution in [2.75, 3.05) is 6.54 Å². The minimum atomic E-state index is -3.89. The van der Waals surface area contributed by atoms with Gasteiger partial charge in [-0.25, -0.2) is 17.9 Å². The van der Waals surface area contributed by atoms with Crippen LogP contribution in [0.1, 0.15) is 25.8 Å². The fourth-order valence-electron chi connectivity index (χ4n) is 1.47. The maximum atomic E-state index is 11.9. The van der Waals surface area contributed by atoms with Gasteiger partial charge in [-0.2, -0.15) is 0 Å². The number of carbonyl (C=O) groups excluding carboxylic acids is 2. The Morgan fingerprint density at radius 3 is 2.24 bits per heavy atom. The molecule has 21 heavy (non-hydrogen) atoms. The summed E-state index contributed by atoms with van der Waals surface area (Å²) in [5.41, 5.74) is 0.764. The Morgan fingerprint density at radius 1 is 1.10 bits per heavy atom. The van der Waals surface area contributed by atoms with Crippen LogP contribution in [0.4, 0.5) is 4.79 Å². The SMILES string of the molecule is CCCNC(=O)NS(=O)(=O)c1ccc(CNC(C)=O)cc1. The molecular formula is C13H19N3O4S. The third kappa shape index (κ3) is 5.82. The van der Waals surface area contributed by atoms with Gasteiger partial charge < -0.3 is 10.6 Å². The zero-order valence-corrected chi connectivity index (χ0v) is 12.8. The Balaban J connectivity index is 2.71. The molecule has 0 spiro atoms. The van der Waals surface area contributed by atoms with E-state index >= 15 is 0 Å². The number of hydrogen-bond donors (Lipinski definition) is 3. The standard InChI is InChI=1S/C13H19N3O4S/c1-3-8-14-13(18)16-21(19,20)12-6-4-11(5-7-12)9-15-10(2)17/h4-7H,3,8-9H2,1-2H3,(H,15,17)(H2,14,16,18). The summed E-state index contributed by atoms with van der Waals surface area (Å²) in [6.45, 7) is 3.98. The molecule has 0 heterocycles. The minimum absolute atomic E-state index is 0.0132. The van der Waals surface area contributed by atoms with Crippen molar-refractivity contribution in [3.8, 4) is 0 Å². The molecule has 0 bridgehead atoms. The number of rotatable bonds is 6. The molecule has 0 aromatic heterocycles. The topological polar surface area (TPSA) is 104 Å². The van der Waals surface area contributed by atoms with Crippen LogP contribution in [0, 0.1) is 0 Å². The highest BCUT2D eigenvalue weighted by Gasteiger charge is 2.16. The van der Waals surface area contributed by atoms with Gasteiger partial charge in [-0.05, 0) is 24.1 Å². The molecule has 0 fully saturated rings. The Labute approximate surface area is 124 Å². The van der Waals surface area contributed by atoms with Gasteiger partial charge in [0.05, 0.1) is 4.90 Å². The zero-order chi connectivity index (χ0) is 15.9. The van der Waals surface area contributed by atoms with Crippen molar-refractivity contribution in [1.82, 2.24) is 15.4 Å². The number of urea groups is 1. The number of carbonyl (C=O) groups is 2. The summed E-state index contributed by atoms with van der Waals surface area (Å²) in [5.74, 6) is -0.166. The van der Waals surface area contributed by atoms with E-state index in [1.807, 2.05) is 11.6 Å². The Bertz CT molecular complexity index is 596. The van der Waals surface area contributed by atoms with Crippen LogP contribution >= 0.6 is 0 Å². The molecule has 1 rings (SSSR count). The number of sulfonamides is 1. The molecule has 0 aliphatic heterocycles. The summed E-state index contributed by atoms with van der Waals surface area (Å²) >= 11 is 0. The van der Waals surface area contributed by atoms with E-state index in [0.717, 1.165) is 5.56 Å². The first-order chi connectivity index (χ1) is 9.85. The average molecular weight is 313 g/mol. The quantitative estimate of drug-likeness (QED) is 0.719. The van der Waals surface area contributed by atoms with Crippen molar-refractivity contribution in [1.29, 1.82) is 0 Å². The van der Waals surface area contributed by atoms with E-state index in [-0.39, 0.29) is 10.8 Å². The zero-order valence-electron chi connectivity index (χ0n) is 12.0. The Morgan fingerprint density at radius 2 is 1.71 bits per heavy atom. The first-order valence-electron chi connectivity index (χ1n) is 6.49. The van der Waals surface area contributed by atoms with Gasteiger partial charge in [-0.3, -0.25) is 4.79 Å². The van der Waals surface area contributed by atoms with Crippen LogP contribution in [-0.2, 0) is 21.4 Å². The van der Waals surface area contributed by atoms with Gasteiger partial charge in [0.1, 0.15) is 0 Å². The molecule has 0 radical (unpaired) electrons. The van der Waals surface area contributed by atoms with Gasteiger partial charge in [0, 0.05) is 20.0 Å². The van der Waals surface area contributed by atoms with Crippen LogP contribution in [0.25, 0.3) is 0 Å². The van der Waals surface area contributed by atoms with E-state index in [4.69, 9.17) is 0 Å². The predicted molar refractivity (Wildman–Crippen MR) is 78.0 cm³/mol. The van der Waals surface area contributed by atoms with Gasteiger partial charge in [0.2, 0.25) is 5.91 Å². The van der Waals surface area contributed by atoms with Gasteiger partial charge in [-0.1, -0.05) is 19.1 Å². The van der Waals surface area contributed by atoms with Crippen molar-refractivity contribution in [3.05, 3.63) is 29.8 Å². The smallest absolute Gasteiger partial charge is 0.328 e. The molecule has 0 atom stereocenters. The third-order valence-corrected chi connectivity index (χ3v) is 3.88. The van der Waals surface area contributed by atoms with Gasteiger partial charge in [0.15, 0.2) is 0 Å². The van der Waals surface area contributed by atoms with Crippen molar-refractivity contribution in [2.45, 2.75) is 31.7 Å². The molecule has 1 aromatic rings. The van der Waals surface area contributed by atoms with Gasteiger partial charge >= 0.3 is 6.03 Å². The Kier molecular flexibility index (Phi) is 6.16. The van der Waals surface area contributed by atoms with E-state index in [1.54, 1.807) is 12.1 Å². The second kappa shape index (κ2) is 7.63. The molecule has 8 heteroatoms. The lowest BCUT2D eigenvalue weighted by atomic mass is 10.2. The summed E-state index contributed by atoms with van der Waals surface area (Å²) < 4.78 is 25.8.